The predicted octanol–water partition coefficient (Wildman–Crippen LogP) is 5.05. The van der Waals surface area contributed by atoms with Crippen LogP contribution < -0.4 is 10.1 Å². The highest BCUT2D eigenvalue weighted by atomic mass is 79.9. The van der Waals surface area contributed by atoms with Crippen LogP contribution in [0, 0.1) is 0 Å². The van der Waals surface area contributed by atoms with Crippen LogP contribution in [0.15, 0.2) is 40.9 Å². The molecule has 5 heteroatoms. The fourth-order valence-corrected chi connectivity index (χ4v) is 2.81. The zero-order valence-electron chi connectivity index (χ0n) is 10.9. The molecule has 0 aromatic heterocycles. The van der Waals surface area contributed by atoms with Crippen molar-refractivity contribution in [3.8, 4) is 5.75 Å². The quantitative estimate of drug-likeness (QED) is 0.790. The number of halogens is 3. The minimum Gasteiger partial charge on any atom is -0.487 e. The van der Waals surface area contributed by atoms with Crippen molar-refractivity contribution in [2.45, 2.75) is 13.2 Å². The van der Waals surface area contributed by atoms with Crippen molar-refractivity contribution in [3.63, 3.8) is 0 Å². The highest BCUT2D eigenvalue weighted by Crippen LogP contribution is 2.30. The smallest absolute Gasteiger partial charge is 0.142 e. The highest BCUT2D eigenvalue weighted by Gasteiger charge is 2.09. The van der Waals surface area contributed by atoms with Crippen molar-refractivity contribution in [2.75, 3.05) is 7.05 Å². The van der Waals surface area contributed by atoms with Crippen molar-refractivity contribution in [1.82, 2.24) is 5.32 Å². The first-order valence-electron chi connectivity index (χ1n) is 6.10. The molecule has 2 aromatic rings. The van der Waals surface area contributed by atoms with Crippen LogP contribution in [0.4, 0.5) is 0 Å². The standard InChI is InChI=1S/C15H14BrCl2NO/c1-19-8-10-3-2-4-13(17)15(10)20-9-11-5-6-12(16)7-14(11)18/h2-7,19H,8-9H2,1H3. The van der Waals surface area contributed by atoms with Gasteiger partial charge in [-0.25, -0.2) is 0 Å². The van der Waals surface area contributed by atoms with Gasteiger partial charge in [0.05, 0.1) is 5.02 Å². The Balaban J connectivity index is 2.18. The first-order chi connectivity index (χ1) is 9.61. The summed E-state index contributed by atoms with van der Waals surface area (Å²) in [6.07, 6.45) is 0. The molecule has 1 N–H and O–H groups in total. The molecule has 0 heterocycles. The Hall–Kier alpha value is -0.740. The van der Waals surface area contributed by atoms with Crippen LogP contribution in [0.2, 0.25) is 10.0 Å². The van der Waals surface area contributed by atoms with Gasteiger partial charge in [0.25, 0.3) is 0 Å². The molecule has 0 spiro atoms. The summed E-state index contributed by atoms with van der Waals surface area (Å²) < 4.78 is 6.80. The number of ether oxygens (including phenoxy) is 1. The maximum atomic E-state index is 6.20. The third-order valence-corrected chi connectivity index (χ3v) is 3.95. The van der Waals surface area contributed by atoms with E-state index < -0.39 is 0 Å². The minimum absolute atomic E-state index is 0.382. The van der Waals surface area contributed by atoms with Crippen molar-refractivity contribution >= 4 is 39.1 Å². The second-order valence-electron chi connectivity index (χ2n) is 4.28. The molecule has 0 saturated carbocycles. The van der Waals surface area contributed by atoms with Crippen LogP contribution >= 0.6 is 39.1 Å². The average Bonchev–Trinajstić information content (AvgIpc) is 2.40. The first-order valence-corrected chi connectivity index (χ1v) is 7.65. The van der Waals surface area contributed by atoms with E-state index in [-0.39, 0.29) is 0 Å². The van der Waals surface area contributed by atoms with E-state index in [2.05, 4.69) is 21.2 Å². The fourth-order valence-electron chi connectivity index (χ4n) is 1.83. The molecule has 2 nitrogen and oxygen atoms in total. The molecule has 20 heavy (non-hydrogen) atoms. The number of para-hydroxylation sites is 1. The van der Waals surface area contributed by atoms with Crippen molar-refractivity contribution < 1.29 is 4.74 Å². The Kier molecular flexibility index (Phi) is 5.73. The molecule has 106 valence electrons. The molecule has 0 saturated heterocycles. The molecule has 0 fully saturated rings. The SMILES string of the molecule is CNCc1cccc(Cl)c1OCc1ccc(Br)cc1Cl. The summed E-state index contributed by atoms with van der Waals surface area (Å²) >= 11 is 15.8. The van der Waals surface area contributed by atoms with Gasteiger partial charge >= 0.3 is 0 Å². The minimum atomic E-state index is 0.382. The van der Waals surface area contributed by atoms with Crippen molar-refractivity contribution in [2.24, 2.45) is 0 Å². The maximum absolute atomic E-state index is 6.20. The van der Waals surface area contributed by atoms with E-state index in [1.54, 1.807) is 0 Å². The van der Waals surface area contributed by atoms with Crippen LogP contribution in [0.3, 0.4) is 0 Å². The summed E-state index contributed by atoms with van der Waals surface area (Å²) in [6, 6.07) is 11.4. The van der Waals surface area contributed by atoms with E-state index in [1.165, 1.54) is 0 Å². The Morgan fingerprint density at radius 1 is 1.10 bits per heavy atom. The summed E-state index contributed by atoms with van der Waals surface area (Å²) in [7, 11) is 1.89. The van der Waals surface area contributed by atoms with E-state index in [1.807, 2.05) is 43.4 Å². The van der Waals surface area contributed by atoms with Crippen molar-refractivity contribution in [3.05, 3.63) is 62.0 Å². The lowest BCUT2D eigenvalue weighted by Gasteiger charge is -2.13. The molecular formula is C15H14BrCl2NO. The van der Waals surface area contributed by atoms with Gasteiger partial charge in [-0.05, 0) is 25.2 Å². The second-order valence-corrected chi connectivity index (χ2v) is 6.01. The normalized spacial score (nSPS) is 10.6. The Labute approximate surface area is 137 Å². The van der Waals surface area contributed by atoms with Gasteiger partial charge in [0.2, 0.25) is 0 Å². The van der Waals surface area contributed by atoms with Gasteiger partial charge in [0, 0.05) is 27.2 Å². The maximum Gasteiger partial charge on any atom is 0.142 e. The molecule has 0 atom stereocenters. The molecule has 0 amide bonds. The number of hydrogen-bond acceptors (Lipinski definition) is 2. The zero-order chi connectivity index (χ0) is 14.5. The largest absolute Gasteiger partial charge is 0.487 e. The molecular weight excluding hydrogens is 361 g/mol. The number of benzene rings is 2. The van der Waals surface area contributed by atoms with Crippen LogP contribution in [0.5, 0.6) is 5.75 Å². The third-order valence-electron chi connectivity index (χ3n) is 2.80. The van der Waals surface area contributed by atoms with Gasteiger partial charge in [0.1, 0.15) is 12.4 Å². The molecule has 2 aromatic carbocycles. The Morgan fingerprint density at radius 3 is 2.60 bits per heavy atom. The van der Waals surface area contributed by atoms with Crippen molar-refractivity contribution in [1.29, 1.82) is 0 Å². The lowest BCUT2D eigenvalue weighted by atomic mass is 10.2. The van der Waals surface area contributed by atoms with E-state index in [0.717, 1.165) is 15.6 Å². The summed E-state index contributed by atoms with van der Waals surface area (Å²) in [5.74, 6) is 0.697. The Bertz CT molecular complexity index is 604. The molecule has 0 bridgehead atoms. The Morgan fingerprint density at radius 2 is 1.90 bits per heavy atom. The fraction of sp³-hybridized carbons (Fsp3) is 0.200. The summed E-state index contributed by atoms with van der Waals surface area (Å²) in [5, 5.41) is 4.37. The predicted molar refractivity (Wildman–Crippen MR) is 87.7 cm³/mol. The van der Waals surface area contributed by atoms with Gasteiger partial charge in [0.15, 0.2) is 0 Å². The van der Waals surface area contributed by atoms with E-state index >= 15 is 0 Å². The van der Waals surface area contributed by atoms with Gasteiger partial charge in [-0.1, -0.05) is 57.3 Å². The number of nitrogens with one attached hydrogen (secondary N) is 1. The summed E-state index contributed by atoms with van der Waals surface area (Å²) in [5.41, 5.74) is 1.94. The molecule has 0 aliphatic heterocycles. The van der Waals surface area contributed by atoms with Gasteiger partial charge in [-0.15, -0.1) is 0 Å². The van der Waals surface area contributed by atoms with E-state index in [0.29, 0.717) is 28.9 Å². The molecule has 0 aliphatic carbocycles. The highest BCUT2D eigenvalue weighted by molar-refractivity contribution is 9.10. The van der Waals surface area contributed by atoms with Gasteiger partial charge in [-0.2, -0.15) is 0 Å². The van der Waals surface area contributed by atoms with E-state index in [4.69, 9.17) is 27.9 Å². The molecule has 0 aliphatic rings. The summed E-state index contributed by atoms with van der Waals surface area (Å²) in [4.78, 5) is 0. The van der Waals surface area contributed by atoms with Crippen LogP contribution in [0.25, 0.3) is 0 Å². The van der Waals surface area contributed by atoms with Crippen LogP contribution in [-0.4, -0.2) is 7.05 Å². The third kappa shape index (κ3) is 3.89. The average molecular weight is 375 g/mol. The number of hydrogen-bond donors (Lipinski definition) is 1. The van der Waals surface area contributed by atoms with Gasteiger partial charge in [-0.3, -0.25) is 0 Å². The lowest BCUT2D eigenvalue weighted by Crippen LogP contribution is -2.08. The monoisotopic (exact) mass is 373 g/mol. The summed E-state index contributed by atoms with van der Waals surface area (Å²) in [6.45, 7) is 1.08. The zero-order valence-corrected chi connectivity index (χ0v) is 14.0. The molecule has 2 rings (SSSR count). The van der Waals surface area contributed by atoms with Crippen LogP contribution in [-0.2, 0) is 13.2 Å². The van der Waals surface area contributed by atoms with Crippen LogP contribution in [0.1, 0.15) is 11.1 Å². The topological polar surface area (TPSA) is 21.3 Å². The molecule has 0 radical (unpaired) electrons. The second kappa shape index (κ2) is 7.32. The molecule has 0 unspecified atom stereocenters. The lowest BCUT2D eigenvalue weighted by molar-refractivity contribution is 0.302. The number of rotatable bonds is 5. The van der Waals surface area contributed by atoms with E-state index in [9.17, 15) is 0 Å². The van der Waals surface area contributed by atoms with Gasteiger partial charge < -0.3 is 10.1 Å². The first kappa shape index (κ1) is 15.6.